The zero-order chi connectivity index (χ0) is 111. The molecule has 2 aliphatic heterocycles. The molecular formula is C142H114BN5. The number of aryl methyl sites for hydroxylation is 2. The van der Waals surface area contributed by atoms with E-state index in [1.54, 1.807) is 9.13 Å². The number of rotatable bonds is 20. The van der Waals surface area contributed by atoms with Crippen LogP contribution >= 0.6 is 0 Å². The Bertz CT molecular complexity index is 9750. The van der Waals surface area contributed by atoms with E-state index in [1.165, 1.54) is 122 Å². The maximum absolute atomic E-state index is 10.3. The first-order chi connectivity index (χ1) is 78.6. The topological polar surface area (TPSA) is 21.3 Å². The number of fused-ring (bicyclic) bond motifs is 33. The van der Waals surface area contributed by atoms with Crippen molar-refractivity contribution in [3.8, 4) is 95.0 Å². The molecule has 29 rings (SSSR count). The lowest BCUT2D eigenvalue weighted by molar-refractivity contribution is 0.591. The Hall–Kier alpha value is -16.5. The Balaban J connectivity index is 0.596. The third kappa shape index (κ3) is 13.3. The lowest BCUT2D eigenvalue weighted by Gasteiger charge is -2.45. The Morgan fingerprint density at radius 1 is 0.243 bits per heavy atom. The Morgan fingerprint density at radius 2 is 0.608 bits per heavy atom. The largest absolute Gasteiger partial charge is 0.342 e. The van der Waals surface area contributed by atoms with Crippen LogP contribution in [-0.4, -0.2) is 33.5 Å². The summed E-state index contributed by atoms with van der Waals surface area (Å²) < 4.78 is 145. The molecule has 0 atom stereocenters. The highest BCUT2D eigenvalue weighted by Gasteiger charge is 2.54. The van der Waals surface area contributed by atoms with Gasteiger partial charge in [0.1, 0.15) is 0 Å². The molecule has 148 heavy (non-hydrogen) atoms. The van der Waals surface area contributed by atoms with Crippen LogP contribution in [0.3, 0.4) is 0 Å². The number of aromatic nitrogens is 3. The van der Waals surface area contributed by atoms with Crippen molar-refractivity contribution in [2.45, 2.75) is 127 Å². The molecular weight excluding hydrogens is 1790 g/mol. The van der Waals surface area contributed by atoms with E-state index in [9.17, 15) is 19.2 Å². The van der Waals surface area contributed by atoms with Gasteiger partial charge in [-0.3, -0.25) is 0 Å². The predicted molar refractivity (Wildman–Crippen MR) is 625 cm³/mol. The first kappa shape index (κ1) is 74.4. The lowest BCUT2D eigenvalue weighted by atomic mass is 9.33. The summed E-state index contributed by atoms with van der Waals surface area (Å²) in [7, 11) is 0. The van der Waals surface area contributed by atoms with Crippen LogP contribution in [0, 0.1) is 0 Å². The number of nitrogens with zero attached hydrogens (tertiary/aromatic N) is 5. The average molecular weight is 1920 g/mol. The standard InChI is InChI=1S/C142H114BN5/c1-139(2,3)97-69-78-132-116(87-97)113-55-27-36-64-129(113)147(132)100-71-75-126-134(89-100)144(80-38-9-7-12-40-91-42-16-18-46-102(91)94-66-73-110-108-52-24-33-61-122(108)141(124(110)83-94)118-57-29-20-48-104(118)105-49-21-30-58-119(105)141)136-85-96(93-68-77-131-115(82-93)112-54-26-35-63-128(112)146(131)99-44-14-11-15-45-99)86-137-138(136)143(126)127-76-72-101(148-130-65-37-28-56-114(130)117-88-98(140(4,5)6)70-79-133(117)148)90-135(127)145(137)81-39-10-8-13-41-92-43-17-19-47-103(92)95-67-74-111-109-53-25-34-62-123(109)142(125(111)84-95)120-59-31-22-50-106(120)107-51-23-32-60-121(107)142/h11,14-37,42-79,82-90H,7-10,12-13,38-41,80-81H2,1-6H3/i27D,28D,36D,37D,55D,56D,64D,65D,69D,70D,78D,79D,87D,88D. The summed E-state index contributed by atoms with van der Waals surface area (Å²) in [4.78, 5) is 4.96. The van der Waals surface area contributed by atoms with Crippen molar-refractivity contribution in [3.05, 3.63) is 503 Å². The van der Waals surface area contributed by atoms with Crippen LogP contribution in [0.15, 0.2) is 436 Å². The van der Waals surface area contributed by atoms with Gasteiger partial charge >= 0.3 is 0 Å². The van der Waals surface area contributed by atoms with E-state index in [2.05, 4.69) is 348 Å². The van der Waals surface area contributed by atoms with E-state index in [4.69, 9.17) is 0 Å². The molecule has 0 saturated carbocycles. The lowest BCUT2D eigenvalue weighted by Crippen LogP contribution is -2.62. The molecule has 20 aromatic carbocycles. The molecule has 710 valence electrons. The summed E-state index contributed by atoms with van der Waals surface area (Å²) in [6.07, 6.45) is 8.28. The number of hydrogen-bond acceptors (Lipinski definition) is 2. The fraction of sp³-hybridized carbons (Fsp3) is 0.155. The van der Waals surface area contributed by atoms with Gasteiger partial charge in [0.2, 0.25) is 0 Å². The molecule has 2 spiro atoms. The summed E-state index contributed by atoms with van der Waals surface area (Å²) >= 11 is 0. The monoisotopic (exact) mass is 1910 g/mol. The molecule has 5 nitrogen and oxygen atoms in total. The summed E-state index contributed by atoms with van der Waals surface area (Å²) in [5.74, 6) is 0. The van der Waals surface area contributed by atoms with E-state index in [0.29, 0.717) is 37.3 Å². The van der Waals surface area contributed by atoms with Gasteiger partial charge in [0, 0.05) is 85.2 Å². The summed E-state index contributed by atoms with van der Waals surface area (Å²) in [6.45, 7) is 11.8. The van der Waals surface area contributed by atoms with Gasteiger partial charge in [-0.2, -0.15) is 0 Å². The molecule has 0 saturated heterocycles. The molecule has 4 aliphatic carbocycles. The zero-order valence-corrected chi connectivity index (χ0v) is 83.8. The fourth-order valence-corrected chi connectivity index (χ4v) is 26.8. The van der Waals surface area contributed by atoms with E-state index in [1.807, 2.05) is 59.7 Å². The van der Waals surface area contributed by atoms with Crippen molar-refractivity contribution in [1.29, 1.82) is 0 Å². The van der Waals surface area contributed by atoms with E-state index in [-0.39, 0.29) is 115 Å². The molecule has 0 unspecified atom stereocenters. The van der Waals surface area contributed by atoms with Crippen LogP contribution < -0.4 is 26.2 Å². The molecule has 0 amide bonds. The van der Waals surface area contributed by atoms with Gasteiger partial charge < -0.3 is 23.5 Å². The maximum atomic E-state index is 10.3. The van der Waals surface area contributed by atoms with Gasteiger partial charge in [0.05, 0.1) is 63.1 Å². The summed E-state index contributed by atoms with van der Waals surface area (Å²) in [5.41, 5.74) is 38.3. The molecule has 23 aromatic rings. The van der Waals surface area contributed by atoms with E-state index >= 15 is 0 Å². The molecule has 0 radical (unpaired) electrons. The Morgan fingerprint density at radius 3 is 1.05 bits per heavy atom. The number of unbranched alkanes of at least 4 members (excludes halogenated alkanes) is 6. The number of hydrogen-bond donors (Lipinski definition) is 0. The van der Waals surface area contributed by atoms with Crippen molar-refractivity contribution < 1.29 is 19.2 Å². The Labute approximate surface area is 887 Å². The quantitative estimate of drug-likeness (QED) is 0.0560. The van der Waals surface area contributed by atoms with Crippen LogP contribution in [0.2, 0.25) is 0 Å². The Kier molecular flexibility index (Phi) is 17.1. The number of para-hydroxylation sites is 4. The third-order valence-corrected chi connectivity index (χ3v) is 33.4. The van der Waals surface area contributed by atoms with E-state index in [0.717, 1.165) is 129 Å². The van der Waals surface area contributed by atoms with Crippen molar-refractivity contribution in [2.75, 3.05) is 22.9 Å². The molecule has 6 heteroatoms. The number of anilines is 4. The molecule has 0 N–H and O–H groups in total. The van der Waals surface area contributed by atoms with Gasteiger partial charge in [-0.15, -0.1) is 0 Å². The first-order valence-corrected chi connectivity index (χ1v) is 52.8. The fourth-order valence-electron chi connectivity index (χ4n) is 26.8. The third-order valence-electron chi connectivity index (χ3n) is 33.4. The van der Waals surface area contributed by atoms with Crippen molar-refractivity contribution in [2.24, 2.45) is 0 Å². The second kappa shape index (κ2) is 34.0. The molecule has 0 bridgehead atoms. The smallest absolute Gasteiger partial charge is 0.252 e. The van der Waals surface area contributed by atoms with Crippen molar-refractivity contribution in [3.63, 3.8) is 0 Å². The van der Waals surface area contributed by atoms with Gasteiger partial charge in [-0.25, -0.2) is 0 Å². The van der Waals surface area contributed by atoms with E-state index < -0.39 is 52.5 Å². The maximum Gasteiger partial charge on any atom is 0.252 e. The normalized spacial score (nSPS) is 15.2. The van der Waals surface area contributed by atoms with Gasteiger partial charge in [-0.1, -0.05) is 389 Å². The van der Waals surface area contributed by atoms with Gasteiger partial charge in [0.25, 0.3) is 6.71 Å². The molecule has 0 fully saturated rings. The summed E-state index contributed by atoms with van der Waals surface area (Å²) in [5, 5.41) is 2.65. The average Bonchev–Trinajstić information content (AvgIpc) is 1.54. The van der Waals surface area contributed by atoms with Crippen LogP contribution in [0.5, 0.6) is 0 Å². The minimum Gasteiger partial charge on any atom is -0.342 e. The second-order valence-corrected chi connectivity index (χ2v) is 43.6. The second-order valence-electron chi connectivity index (χ2n) is 43.6. The summed E-state index contributed by atoms with van der Waals surface area (Å²) in [6, 6.07) is 125. The van der Waals surface area contributed by atoms with Crippen molar-refractivity contribution in [1.82, 2.24) is 13.7 Å². The van der Waals surface area contributed by atoms with Crippen molar-refractivity contribution >= 4 is 111 Å². The van der Waals surface area contributed by atoms with Crippen LogP contribution in [-0.2, 0) is 34.5 Å². The van der Waals surface area contributed by atoms with Crippen LogP contribution in [0.1, 0.15) is 179 Å². The van der Waals surface area contributed by atoms with Crippen LogP contribution in [0.4, 0.5) is 22.7 Å². The first-order valence-electron chi connectivity index (χ1n) is 59.8. The SMILES string of the molecule is [2H]c1c([2H])c([2H])c2c(c1[2H])c1c([2H])c(C(C)(C)C)c([2H])c([2H])c1n2-c1ccc2c(c1)N(CCCCCCc1ccccc1-c1ccc3c(c1)C1(c4ccccc4-c4ccccc41)c1ccccc1-3)c1cc(-c3ccc4c(c3)c3ccccc3n4-c3ccccc3)cc3c1B2c1ccc(-n2c4c([2H])c([2H])c([2H])c([2H])c4c4c([2H])c(C(C)(C)C)c([2H])c([2H])c42)cc1N3CCCCCCc1ccccc1-c1ccc2c(c1)C1(c3ccccc3-c3ccccc31)c1ccccc1-2. The van der Waals surface area contributed by atoms with Gasteiger partial charge in [0.15, 0.2) is 0 Å². The zero-order valence-electron chi connectivity index (χ0n) is 97.8. The minimum atomic E-state index is -0.830. The number of benzene rings is 20. The highest BCUT2D eigenvalue weighted by Crippen LogP contribution is 2.66. The predicted octanol–water partition coefficient (Wildman–Crippen LogP) is 34.3. The minimum absolute atomic E-state index is 0.0782. The van der Waals surface area contributed by atoms with Crippen LogP contribution in [0.25, 0.3) is 160 Å². The van der Waals surface area contributed by atoms with Gasteiger partial charge in [-0.05, 0) is 326 Å². The highest BCUT2D eigenvalue weighted by molar-refractivity contribution is 7.00. The molecule has 6 aliphatic rings. The molecule has 5 heterocycles. The highest BCUT2D eigenvalue weighted by atomic mass is 15.2. The molecule has 3 aromatic heterocycles.